The molecule has 4 rings (SSSR count). The lowest BCUT2D eigenvalue weighted by Gasteiger charge is -2.40. The second-order valence-electron chi connectivity index (χ2n) is 19.6. The number of piperidine rings is 1. The first-order valence-corrected chi connectivity index (χ1v) is 23.9. The number of fused-ring (bicyclic) bond motifs is 3. The zero-order valence-corrected chi connectivity index (χ0v) is 40.6. The molecule has 15 atom stereocenters. The zero-order valence-electron chi connectivity index (χ0n) is 40.6. The van der Waals surface area contributed by atoms with Gasteiger partial charge in [0.25, 0.3) is 5.91 Å². The molecule has 3 fully saturated rings. The second kappa shape index (κ2) is 25.1. The number of amides is 1. The Morgan fingerprint density at radius 1 is 0.831 bits per heavy atom. The molecule has 2 bridgehead atoms. The number of hydrogen-bond acceptors (Lipinski definition) is 13. The molecule has 3 heterocycles. The van der Waals surface area contributed by atoms with E-state index < -0.39 is 83.9 Å². The van der Waals surface area contributed by atoms with Gasteiger partial charge in [-0.25, -0.2) is 4.79 Å². The molecule has 0 spiro atoms. The minimum absolute atomic E-state index is 0.0147. The number of aliphatic hydroxyl groups excluding tert-OH is 2. The van der Waals surface area contributed by atoms with E-state index in [1.807, 2.05) is 58.1 Å². The molecule has 14 heteroatoms. The van der Waals surface area contributed by atoms with Crippen LogP contribution in [0.4, 0.5) is 0 Å². The topological polar surface area (TPSA) is 195 Å². The molecule has 2 saturated heterocycles. The van der Waals surface area contributed by atoms with Gasteiger partial charge in [0.2, 0.25) is 5.78 Å². The van der Waals surface area contributed by atoms with Crippen molar-refractivity contribution in [1.82, 2.24) is 4.90 Å². The number of ketones is 3. The summed E-state index contributed by atoms with van der Waals surface area (Å²) in [6.45, 7) is 12.7. The Morgan fingerprint density at radius 3 is 2.23 bits per heavy atom. The van der Waals surface area contributed by atoms with Gasteiger partial charge in [-0.2, -0.15) is 0 Å². The van der Waals surface area contributed by atoms with Crippen LogP contribution in [0.15, 0.2) is 47.6 Å². The van der Waals surface area contributed by atoms with Crippen LogP contribution in [0.5, 0.6) is 0 Å². The number of carbonyl (C=O) groups is 5. The highest BCUT2D eigenvalue weighted by molar-refractivity contribution is 6.09. The van der Waals surface area contributed by atoms with E-state index in [0.717, 1.165) is 12.0 Å². The summed E-state index contributed by atoms with van der Waals surface area (Å²) in [5, 5.41) is 34.1. The van der Waals surface area contributed by atoms with Gasteiger partial charge in [-0.3, -0.25) is 19.2 Å². The summed E-state index contributed by atoms with van der Waals surface area (Å²) >= 11 is 0. The van der Waals surface area contributed by atoms with Gasteiger partial charge in [-0.1, -0.05) is 71.1 Å². The number of allylic oxidation sites excluding steroid dienone is 6. The van der Waals surface area contributed by atoms with Crippen molar-refractivity contribution < 1.29 is 63.0 Å². The van der Waals surface area contributed by atoms with Crippen LogP contribution in [0.2, 0.25) is 0 Å². The largest absolute Gasteiger partial charge is 0.460 e. The number of rotatable bonds is 6. The van der Waals surface area contributed by atoms with E-state index in [1.54, 1.807) is 41.1 Å². The summed E-state index contributed by atoms with van der Waals surface area (Å²) in [6.07, 6.45) is 10.7. The van der Waals surface area contributed by atoms with Crippen molar-refractivity contribution in [3.63, 3.8) is 0 Å². The van der Waals surface area contributed by atoms with E-state index in [0.29, 0.717) is 56.9 Å². The van der Waals surface area contributed by atoms with Crippen molar-refractivity contribution >= 4 is 29.2 Å². The number of cyclic esters (lactones) is 1. The molecular formula is C51H79NO13. The second-order valence-corrected chi connectivity index (χ2v) is 19.6. The summed E-state index contributed by atoms with van der Waals surface area (Å²) in [5.74, 6) is -8.01. The molecule has 0 aromatic carbocycles. The first kappa shape index (κ1) is 54.2. The standard InChI is InChI=1S/C51H79NO13/c1-30-16-12-11-13-17-31(2)42(61-8)28-38-21-19-32(3)48(57)51(60,65-38)50(59)52-23-15-14-18-39(52)49(58)64-43(34(5)26-37-20-22-40(53)44(27-37)62-9)29-41(54)33(4)25-36(7)46(56)47(63-10)45(55)35(6)24-30/h11-13,16-17,25,30,32-35,37-40,42-44,46-47,53,56,60H,14-15,18-24,26-29H2,1-10H3/b13-11+,16-12+,31-17+,36-25+/t30-,32?,33-,34-,35?,37+,38+,39?,40?,42+,43+,44-,46?,47+,51?/m1/s1. The molecule has 65 heavy (non-hydrogen) atoms. The Morgan fingerprint density at radius 2 is 1.55 bits per heavy atom. The highest BCUT2D eigenvalue weighted by Gasteiger charge is 2.55. The highest BCUT2D eigenvalue weighted by Crippen LogP contribution is 2.36. The number of ether oxygens (including phenoxy) is 5. The molecule has 0 aromatic heterocycles. The molecule has 3 N–H and O–H groups in total. The normalized spacial score (nSPS) is 40.4. The van der Waals surface area contributed by atoms with Gasteiger partial charge in [-0.05, 0) is 107 Å². The zero-order chi connectivity index (χ0) is 48.2. The van der Waals surface area contributed by atoms with Crippen LogP contribution >= 0.6 is 0 Å². The van der Waals surface area contributed by atoms with Crippen molar-refractivity contribution in [2.24, 2.45) is 35.5 Å². The molecule has 6 unspecified atom stereocenters. The fraction of sp³-hybridized carbons (Fsp3) is 0.745. The molecule has 0 radical (unpaired) electrons. The highest BCUT2D eigenvalue weighted by atomic mass is 16.6. The van der Waals surface area contributed by atoms with Gasteiger partial charge in [0.15, 0.2) is 5.78 Å². The molecule has 4 aliphatic rings. The first-order chi connectivity index (χ1) is 30.7. The van der Waals surface area contributed by atoms with Crippen LogP contribution in [0.25, 0.3) is 0 Å². The number of hydrogen-bond donors (Lipinski definition) is 3. The number of aliphatic hydroxyl groups is 3. The van der Waals surface area contributed by atoms with Gasteiger partial charge in [-0.15, -0.1) is 0 Å². The van der Waals surface area contributed by atoms with E-state index in [-0.39, 0.29) is 61.2 Å². The van der Waals surface area contributed by atoms with Crippen LogP contribution in [0.3, 0.4) is 0 Å². The Bertz CT molecular complexity index is 1760. The van der Waals surface area contributed by atoms with E-state index in [2.05, 4.69) is 0 Å². The SMILES string of the molecule is CO[C@H]1C[C@@H]2CCC(C)C(=O)C(O)(O2)C(=O)N2CCCCC2C(=O)O[C@H]([C@H](C)C[C@@H]2CCC(O)[C@H](OC)C2)CC(=O)[C@H](C)/C=C(\C)C(O)[C@@H](OC)C(=O)C(C)C[C@H](C)/C=C/C=C/C=C/1C. The average Bonchev–Trinajstić information content (AvgIpc) is 3.39. The van der Waals surface area contributed by atoms with Crippen LogP contribution in [0, 0.1) is 35.5 Å². The number of esters is 1. The lowest BCUT2D eigenvalue weighted by molar-refractivity contribution is -0.231. The lowest BCUT2D eigenvalue weighted by Crippen LogP contribution is -2.62. The fourth-order valence-corrected chi connectivity index (χ4v) is 10.1. The number of Topliss-reactive ketones (excluding diaryl/α,β-unsaturated/α-hetero) is 3. The molecule has 3 aliphatic heterocycles. The van der Waals surface area contributed by atoms with Gasteiger partial charge < -0.3 is 43.9 Å². The van der Waals surface area contributed by atoms with Gasteiger partial charge in [0.05, 0.1) is 24.4 Å². The summed E-state index contributed by atoms with van der Waals surface area (Å²) in [7, 11) is 4.51. The smallest absolute Gasteiger partial charge is 0.329 e. The van der Waals surface area contributed by atoms with E-state index in [4.69, 9.17) is 23.7 Å². The molecule has 1 saturated carbocycles. The van der Waals surface area contributed by atoms with E-state index >= 15 is 0 Å². The summed E-state index contributed by atoms with van der Waals surface area (Å²) in [5.41, 5.74) is 1.24. The molecule has 0 aromatic rings. The van der Waals surface area contributed by atoms with E-state index in [9.17, 15) is 39.3 Å². The van der Waals surface area contributed by atoms with Gasteiger partial charge in [0.1, 0.15) is 30.1 Å². The van der Waals surface area contributed by atoms with Crippen LogP contribution in [0.1, 0.15) is 126 Å². The summed E-state index contributed by atoms with van der Waals surface area (Å²) < 4.78 is 29.5. The third-order valence-corrected chi connectivity index (χ3v) is 14.4. The maximum Gasteiger partial charge on any atom is 0.329 e. The molecule has 1 amide bonds. The van der Waals surface area contributed by atoms with E-state index in [1.165, 1.54) is 12.0 Å². The molecule has 366 valence electrons. The monoisotopic (exact) mass is 914 g/mol. The predicted octanol–water partition coefficient (Wildman–Crippen LogP) is 6.18. The van der Waals surface area contributed by atoms with Crippen molar-refractivity contribution in [2.45, 2.75) is 180 Å². The number of nitrogens with zero attached hydrogens (tertiary/aromatic N) is 1. The van der Waals surface area contributed by atoms with Crippen LogP contribution in [-0.4, -0.2) is 132 Å². The molecular weight excluding hydrogens is 835 g/mol. The predicted molar refractivity (Wildman–Crippen MR) is 245 cm³/mol. The van der Waals surface area contributed by atoms with Crippen LogP contribution < -0.4 is 0 Å². The summed E-state index contributed by atoms with van der Waals surface area (Å²) in [4.78, 5) is 72.1. The Labute approximate surface area is 387 Å². The van der Waals surface area contributed by atoms with Gasteiger partial charge >= 0.3 is 11.8 Å². The van der Waals surface area contributed by atoms with Crippen molar-refractivity contribution in [1.29, 1.82) is 0 Å². The first-order valence-electron chi connectivity index (χ1n) is 23.9. The van der Waals surface area contributed by atoms with Crippen molar-refractivity contribution in [2.75, 3.05) is 27.9 Å². The quantitative estimate of drug-likeness (QED) is 0.156. The third kappa shape index (κ3) is 14.3. The van der Waals surface area contributed by atoms with Crippen molar-refractivity contribution in [3.05, 3.63) is 47.6 Å². The average molecular weight is 914 g/mol. The minimum atomic E-state index is -2.85. The maximum absolute atomic E-state index is 14.6. The maximum atomic E-state index is 14.6. The minimum Gasteiger partial charge on any atom is -0.460 e. The molecule has 1 aliphatic carbocycles. The Balaban J connectivity index is 1.74. The lowest BCUT2D eigenvalue weighted by atomic mass is 9.78. The summed E-state index contributed by atoms with van der Waals surface area (Å²) in [6, 6.07) is -1.16. The third-order valence-electron chi connectivity index (χ3n) is 14.4. The van der Waals surface area contributed by atoms with Gasteiger partial charge in [0, 0.05) is 58.5 Å². The number of methoxy groups -OCH3 is 3. The fourth-order valence-electron chi connectivity index (χ4n) is 10.1. The molecule has 14 nitrogen and oxygen atoms in total. The number of carbonyl (C=O) groups excluding carboxylic acids is 5. The Hall–Kier alpha value is -3.37. The van der Waals surface area contributed by atoms with Crippen LogP contribution in [-0.2, 0) is 47.7 Å². The van der Waals surface area contributed by atoms with Crippen molar-refractivity contribution in [3.8, 4) is 0 Å². The Kier molecular flexibility index (Phi) is 21.0.